The van der Waals surface area contributed by atoms with Gasteiger partial charge in [-0.1, -0.05) is 316 Å². The van der Waals surface area contributed by atoms with Crippen LogP contribution in [0, 0.1) is 0 Å². The van der Waals surface area contributed by atoms with Gasteiger partial charge in [0.25, 0.3) is 6.29 Å². The number of unbranched alkanes of at least 4 members (excludes halogenated alkanes) is 35. The van der Waals surface area contributed by atoms with Gasteiger partial charge in [0, 0.05) is 12.8 Å². The zero-order valence-electron chi connectivity index (χ0n) is 58.6. The van der Waals surface area contributed by atoms with Gasteiger partial charge in [0.1, 0.15) is 13.2 Å². The number of hydrogen-bond donors (Lipinski definition) is 1. The van der Waals surface area contributed by atoms with Crippen LogP contribution in [0.1, 0.15) is 322 Å². The van der Waals surface area contributed by atoms with Crippen LogP contribution in [0.15, 0.2) is 109 Å². The highest BCUT2D eigenvalue weighted by molar-refractivity contribution is 5.71. The highest BCUT2D eigenvalue weighted by Crippen LogP contribution is 2.18. The minimum Gasteiger partial charge on any atom is -0.477 e. The molecule has 0 rings (SSSR count). The number of hydrogen-bond acceptors (Lipinski definition) is 7. The highest BCUT2D eigenvalue weighted by atomic mass is 16.7. The second-order valence-electron chi connectivity index (χ2n) is 25.9. The maximum atomic E-state index is 13.0. The zero-order valence-corrected chi connectivity index (χ0v) is 58.6. The van der Waals surface area contributed by atoms with Gasteiger partial charge in [0.2, 0.25) is 0 Å². The summed E-state index contributed by atoms with van der Waals surface area (Å²) in [7, 11) is 5.98. The summed E-state index contributed by atoms with van der Waals surface area (Å²) >= 11 is 0. The number of likely N-dealkylation sites (N-methyl/N-ethyl adjacent to an activating group) is 1. The van der Waals surface area contributed by atoms with Crippen molar-refractivity contribution in [3.8, 4) is 0 Å². The van der Waals surface area contributed by atoms with Crippen molar-refractivity contribution in [3.05, 3.63) is 109 Å². The lowest BCUT2D eigenvalue weighted by atomic mass is 10.0. The molecule has 0 bridgehead atoms. The number of allylic oxidation sites excluding steroid dienone is 18. The van der Waals surface area contributed by atoms with Crippen LogP contribution in [0.4, 0.5) is 0 Å². The molecular weight excluding hydrogens is 1100 g/mol. The van der Waals surface area contributed by atoms with Gasteiger partial charge in [0.15, 0.2) is 6.10 Å². The van der Waals surface area contributed by atoms with Crippen LogP contribution < -0.4 is 0 Å². The molecule has 0 aliphatic carbocycles. The average Bonchev–Trinajstić information content (AvgIpc) is 3.64. The molecule has 0 amide bonds. The number of carboxylic acid groups (broad SMARTS) is 1. The van der Waals surface area contributed by atoms with Crippen LogP contribution in [0.3, 0.4) is 0 Å². The molecule has 0 radical (unpaired) electrons. The van der Waals surface area contributed by atoms with E-state index in [-0.39, 0.29) is 32.2 Å². The number of aliphatic carboxylic acids is 1. The van der Waals surface area contributed by atoms with Crippen molar-refractivity contribution in [3.63, 3.8) is 0 Å². The fraction of sp³-hybridized carbons (Fsp3) is 0.738. The number of esters is 2. The molecule has 9 heteroatoms. The molecule has 0 fully saturated rings. The van der Waals surface area contributed by atoms with Gasteiger partial charge < -0.3 is 28.5 Å². The van der Waals surface area contributed by atoms with Crippen LogP contribution in [0.25, 0.3) is 0 Å². The Balaban J connectivity index is 4.05. The summed E-state index contributed by atoms with van der Waals surface area (Å²) in [5.41, 5.74) is 0. The van der Waals surface area contributed by atoms with E-state index in [2.05, 4.69) is 123 Å². The predicted molar refractivity (Wildman–Crippen MR) is 382 cm³/mol. The Morgan fingerprint density at radius 1 is 0.348 bits per heavy atom. The SMILES string of the molecule is CC/C=C\C/C=C\C/C=C\C/C=C\C/C=C\C/C=C\C/C=C\C/C=C\CCCCCCCCCCCCCCCCCCC(=O)OC(COC(=O)CCCCCCCCCCCCC/C=C\CCCCCCCCCC)COC(OCC[N+](C)(C)C)C(=O)O. The lowest BCUT2D eigenvalue weighted by Crippen LogP contribution is -2.40. The Bertz CT molecular complexity index is 1830. The van der Waals surface area contributed by atoms with E-state index < -0.39 is 24.3 Å². The molecule has 0 aliphatic heterocycles. The molecule has 2 unspecified atom stereocenters. The molecule has 1 N–H and O–H groups in total. The van der Waals surface area contributed by atoms with Crippen molar-refractivity contribution in [1.82, 2.24) is 0 Å². The van der Waals surface area contributed by atoms with Gasteiger partial charge in [0.05, 0.1) is 34.4 Å². The van der Waals surface area contributed by atoms with E-state index >= 15 is 0 Å². The fourth-order valence-electron chi connectivity index (χ4n) is 10.4. The van der Waals surface area contributed by atoms with Crippen LogP contribution in [-0.4, -0.2) is 87.4 Å². The number of carbonyl (C=O) groups excluding carboxylic acids is 2. The fourth-order valence-corrected chi connectivity index (χ4v) is 10.4. The number of rotatable bonds is 68. The molecule has 0 spiro atoms. The molecule has 0 heterocycles. The second kappa shape index (κ2) is 69.8. The van der Waals surface area contributed by atoms with E-state index in [1.54, 1.807) is 0 Å². The summed E-state index contributed by atoms with van der Waals surface area (Å²) < 4.78 is 23.0. The van der Waals surface area contributed by atoms with Crippen molar-refractivity contribution in [2.24, 2.45) is 0 Å². The summed E-state index contributed by atoms with van der Waals surface area (Å²) in [6.45, 7) is 4.80. The molecule has 0 aliphatic rings. The van der Waals surface area contributed by atoms with Crippen LogP contribution in [0.2, 0.25) is 0 Å². The standard InChI is InChI=1S/C80H139NO8/c1-6-8-10-12-14-16-18-20-22-24-26-28-30-31-32-33-34-35-36-37-38-39-40-41-42-43-44-45-46-47-49-51-53-55-57-59-61-63-65-67-69-71-78(83)89-76(75-88-80(79(84)85)86-73-72-81(3,4)5)74-87-77(82)70-68-66-64-62-60-58-56-54-52-50-48-29-27-25-23-21-19-17-15-13-11-9-7-2/h8,10,14,16,20,22,25-28,31-32,34-35,37-38,40-41,76,80H,6-7,9,11-13,15,17-19,21,23-24,29-30,33,36,39,42-75H2,1-5H3/p+1/b10-8-,16-14-,22-20-,27-25-,28-26-,32-31-,35-34-,38-37-,41-40-. The minimum atomic E-state index is -1.51. The molecular formula is C80H140NO8+. The molecule has 89 heavy (non-hydrogen) atoms. The molecule has 512 valence electrons. The average molecular weight is 1240 g/mol. The van der Waals surface area contributed by atoms with Gasteiger partial charge in [-0.25, -0.2) is 4.79 Å². The topological polar surface area (TPSA) is 108 Å². The van der Waals surface area contributed by atoms with Gasteiger partial charge in [-0.2, -0.15) is 0 Å². The lowest BCUT2D eigenvalue weighted by molar-refractivity contribution is -0.870. The minimum absolute atomic E-state index is 0.183. The van der Waals surface area contributed by atoms with E-state index in [9.17, 15) is 19.5 Å². The Labute approximate surface area is 549 Å². The molecule has 0 saturated carbocycles. The van der Waals surface area contributed by atoms with Crippen LogP contribution in [-0.2, 0) is 33.3 Å². The van der Waals surface area contributed by atoms with E-state index in [0.29, 0.717) is 17.4 Å². The maximum Gasteiger partial charge on any atom is 0.361 e. The van der Waals surface area contributed by atoms with Crippen molar-refractivity contribution >= 4 is 17.9 Å². The van der Waals surface area contributed by atoms with E-state index in [4.69, 9.17) is 18.9 Å². The third-order valence-corrected chi connectivity index (χ3v) is 16.0. The smallest absolute Gasteiger partial charge is 0.361 e. The highest BCUT2D eigenvalue weighted by Gasteiger charge is 2.25. The first kappa shape index (κ1) is 85.0. The summed E-state index contributed by atoms with van der Waals surface area (Å²) in [5, 5.41) is 9.75. The third-order valence-electron chi connectivity index (χ3n) is 16.0. The van der Waals surface area contributed by atoms with Crippen molar-refractivity contribution < 1.29 is 42.9 Å². The predicted octanol–water partition coefficient (Wildman–Crippen LogP) is 23.4. The summed E-state index contributed by atoms with van der Waals surface area (Å²) in [6, 6.07) is 0. The number of nitrogens with zero attached hydrogens (tertiary/aromatic N) is 1. The molecule has 0 aromatic carbocycles. The molecule has 0 saturated heterocycles. The number of carboxylic acids is 1. The van der Waals surface area contributed by atoms with E-state index in [1.165, 1.54) is 205 Å². The van der Waals surface area contributed by atoms with Crippen molar-refractivity contribution in [2.75, 3.05) is 47.5 Å². The maximum absolute atomic E-state index is 13.0. The first-order valence-electron chi connectivity index (χ1n) is 37.1. The summed E-state index contributed by atoms with van der Waals surface area (Å²) in [4.78, 5) is 37.6. The van der Waals surface area contributed by atoms with Crippen molar-refractivity contribution in [2.45, 2.75) is 334 Å². The normalized spacial score (nSPS) is 13.3. The molecule has 9 nitrogen and oxygen atoms in total. The van der Waals surface area contributed by atoms with Gasteiger partial charge in [-0.15, -0.1) is 0 Å². The lowest BCUT2D eigenvalue weighted by Gasteiger charge is -2.25. The largest absolute Gasteiger partial charge is 0.477 e. The summed E-state index contributed by atoms with van der Waals surface area (Å²) in [6.07, 6.45) is 95.0. The van der Waals surface area contributed by atoms with Crippen molar-refractivity contribution in [1.29, 1.82) is 0 Å². The van der Waals surface area contributed by atoms with Crippen LogP contribution >= 0.6 is 0 Å². The van der Waals surface area contributed by atoms with Gasteiger partial charge in [-0.05, 0) is 103 Å². The summed E-state index contributed by atoms with van der Waals surface area (Å²) in [5.74, 6) is -1.99. The second-order valence-corrected chi connectivity index (χ2v) is 25.9. The Morgan fingerprint density at radius 3 is 0.966 bits per heavy atom. The Hall–Kier alpha value is -4.05. The van der Waals surface area contributed by atoms with Gasteiger partial charge >= 0.3 is 17.9 Å². The quantitative estimate of drug-likeness (QED) is 0.0211. The number of ether oxygens (including phenoxy) is 4. The first-order valence-corrected chi connectivity index (χ1v) is 37.1. The molecule has 2 atom stereocenters. The van der Waals surface area contributed by atoms with E-state index in [0.717, 1.165) is 89.9 Å². The molecule has 0 aromatic rings. The Morgan fingerprint density at radius 2 is 0.640 bits per heavy atom. The number of quaternary nitrogens is 1. The molecule has 0 aromatic heterocycles. The van der Waals surface area contributed by atoms with Crippen LogP contribution in [0.5, 0.6) is 0 Å². The third kappa shape index (κ3) is 71.3. The van der Waals surface area contributed by atoms with Gasteiger partial charge in [-0.3, -0.25) is 9.59 Å². The Kier molecular flexibility index (Phi) is 66.7. The zero-order chi connectivity index (χ0) is 64.7. The monoisotopic (exact) mass is 1240 g/mol. The first-order chi connectivity index (χ1) is 43.6. The van der Waals surface area contributed by atoms with E-state index in [1.807, 2.05) is 21.1 Å². The number of carbonyl (C=O) groups is 3.